The van der Waals surface area contributed by atoms with Crippen LogP contribution in [0.5, 0.6) is 0 Å². The SMILES string of the molecule is COC(=O)CCNC1CCCC1O. The third-order valence-electron chi connectivity index (χ3n) is 2.44. The van der Waals surface area contributed by atoms with E-state index in [1.807, 2.05) is 0 Å². The van der Waals surface area contributed by atoms with Gasteiger partial charge in [0, 0.05) is 12.6 Å². The molecule has 4 nitrogen and oxygen atoms in total. The van der Waals surface area contributed by atoms with Crippen molar-refractivity contribution in [3.05, 3.63) is 0 Å². The highest BCUT2D eigenvalue weighted by atomic mass is 16.5. The van der Waals surface area contributed by atoms with Gasteiger partial charge in [0.1, 0.15) is 0 Å². The van der Waals surface area contributed by atoms with Crippen molar-refractivity contribution in [2.75, 3.05) is 13.7 Å². The summed E-state index contributed by atoms with van der Waals surface area (Å²) in [4.78, 5) is 10.7. The standard InChI is InChI=1S/C9H17NO3/c1-13-9(12)5-6-10-7-3-2-4-8(7)11/h7-8,10-11H,2-6H2,1H3. The second kappa shape index (κ2) is 5.19. The molecule has 0 saturated heterocycles. The normalized spacial score (nSPS) is 27.5. The number of carbonyl (C=O) groups excluding carboxylic acids is 1. The number of esters is 1. The molecule has 0 bridgehead atoms. The summed E-state index contributed by atoms with van der Waals surface area (Å²) >= 11 is 0. The number of carbonyl (C=O) groups is 1. The zero-order valence-corrected chi connectivity index (χ0v) is 7.95. The summed E-state index contributed by atoms with van der Waals surface area (Å²) in [6, 6.07) is 0.171. The van der Waals surface area contributed by atoms with Crippen LogP contribution in [-0.2, 0) is 9.53 Å². The van der Waals surface area contributed by atoms with Crippen LogP contribution in [0.1, 0.15) is 25.7 Å². The lowest BCUT2D eigenvalue weighted by atomic mass is 10.2. The first-order chi connectivity index (χ1) is 6.24. The predicted octanol–water partition coefficient (Wildman–Crippen LogP) is 0.0525. The molecular formula is C9H17NO3. The number of hydrogen-bond donors (Lipinski definition) is 2. The fourth-order valence-electron chi connectivity index (χ4n) is 1.64. The predicted molar refractivity (Wildman–Crippen MR) is 48.3 cm³/mol. The molecular weight excluding hydrogens is 170 g/mol. The summed E-state index contributed by atoms with van der Waals surface area (Å²) in [5, 5.41) is 12.6. The Balaban J connectivity index is 2.08. The third-order valence-corrected chi connectivity index (χ3v) is 2.44. The van der Waals surface area contributed by atoms with E-state index in [-0.39, 0.29) is 18.1 Å². The number of rotatable bonds is 4. The number of methoxy groups -OCH3 is 1. The molecule has 0 aromatic carbocycles. The van der Waals surface area contributed by atoms with Crippen molar-refractivity contribution < 1.29 is 14.6 Å². The molecule has 76 valence electrons. The Kier molecular flexibility index (Phi) is 4.18. The third kappa shape index (κ3) is 3.32. The van der Waals surface area contributed by atoms with Gasteiger partial charge in [0.15, 0.2) is 0 Å². The van der Waals surface area contributed by atoms with Gasteiger partial charge in [-0.25, -0.2) is 0 Å². The second-order valence-electron chi connectivity index (χ2n) is 3.39. The van der Waals surface area contributed by atoms with Crippen molar-refractivity contribution >= 4 is 5.97 Å². The summed E-state index contributed by atoms with van der Waals surface area (Å²) in [5.41, 5.74) is 0. The van der Waals surface area contributed by atoms with Crippen molar-refractivity contribution in [1.82, 2.24) is 5.32 Å². The maximum Gasteiger partial charge on any atom is 0.306 e. The molecule has 0 aliphatic heterocycles. The number of aliphatic hydroxyl groups is 1. The molecule has 1 aliphatic rings. The zero-order chi connectivity index (χ0) is 9.68. The maximum atomic E-state index is 10.7. The van der Waals surface area contributed by atoms with Crippen LogP contribution in [0.25, 0.3) is 0 Å². The van der Waals surface area contributed by atoms with E-state index < -0.39 is 0 Å². The van der Waals surface area contributed by atoms with E-state index >= 15 is 0 Å². The lowest BCUT2D eigenvalue weighted by molar-refractivity contribution is -0.140. The summed E-state index contributed by atoms with van der Waals surface area (Å²) < 4.78 is 4.50. The van der Waals surface area contributed by atoms with E-state index in [0.29, 0.717) is 13.0 Å². The van der Waals surface area contributed by atoms with Crippen LogP contribution >= 0.6 is 0 Å². The first-order valence-corrected chi connectivity index (χ1v) is 4.72. The van der Waals surface area contributed by atoms with Gasteiger partial charge in [0.25, 0.3) is 0 Å². The minimum atomic E-state index is -0.238. The Bertz CT molecular complexity index is 172. The summed E-state index contributed by atoms with van der Waals surface area (Å²) in [6.45, 7) is 0.592. The second-order valence-corrected chi connectivity index (χ2v) is 3.39. The maximum absolute atomic E-state index is 10.7. The smallest absolute Gasteiger partial charge is 0.306 e. The Morgan fingerprint density at radius 2 is 2.38 bits per heavy atom. The molecule has 0 radical (unpaired) electrons. The highest BCUT2D eigenvalue weighted by Gasteiger charge is 2.24. The van der Waals surface area contributed by atoms with Crippen molar-refractivity contribution in [2.45, 2.75) is 37.8 Å². The van der Waals surface area contributed by atoms with Crippen LogP contribution in [0, 0.1) is 0 Å². The van der Waals surface area contributed by atoms with Crippen molar-refractivity contribution in [3.8, 4) is 0 Å². The average Bonchev–Trinajstić information content (AvgIpc) is 2.52. The fourth-order valence-corrected chi connectivity index (χ4v) is 1.64. The van der Waals surface area contributed by atoms with Crippen LogP contribution < -0.4 is 5.32 Å². The number of hydrogen-bond acceptors (Lipinski definition) is 4. The molecule has 0 spiro atoms. The lowest BCUT2D eigenvalue weighted by Crippen LogP contribution is -2.36. The number of nitrogens with one attached hydrogen (secondary N) is 1. The van der Waals surface area contributed by atoms with Gasteiger partial charge < -0.3 is 15.2 Å². The molecule has 2 atom stereocenters. The highest BCUT2D eigenvalue weighted by Crippen LogP contribution is 2.18. The van der Waals surface area contributed by atoms with Gasteiger partial charge in [-0.3, -0.25) is 4.79 Å². The molecule has 4 heteroatoms. The Hall–Kier alpha value is -0.610. The molecule has 2 N–H and O–H groups in total. The highest BCUT2D eigenvalue weighted by molar-refractivity contribution is 5.69. The van der Waals surface area contributed by atoms with Gasteiger partial charge in [-0.15, -0.1) is 0 Å². The molecule has 1 aliphatic carbocycles. The van der Waals surface area contributed by atoms with Gasteiger partial charge in [0.05, 0.1) is 19.6 Å². The van der Waals surface area contributed by atoms with E-state index in [4.69, 9.17) is 0 Å². The van der Waals surface area contributed by atoms with Crippen LogP contribution in [0.3, 0.4) is 0 Å². The Morgan fingerprint density at radius 3 is 2.92 bits per heavy atom. The average molecular weight is 187 g/mol. The van der Waals surface area contributed by atoms with E-state index in [9.17, 15) is 9.90 Å². The van der Waals surface area contributed by atoms with Gasteiger partial charge in [-0.05, 0) is 19.3 Å². The molecule has 1 saturated carbocycles. The van der Waals surface area contributed by atoms with E-state index in [2.05, 4.69) is 10.1 Å². The van der Waals surface area contributed by atoms with E-state index in [0.717, 1.165) is 19.3 Å². The molecule has 0 aromatic rings. The lowest BCUT2D eigenvalue weighted by Gasteiger charge is -2.15. The minimum absolute atomic E-state index is 0.171. The molecule has 0 heterocycles. The fraction of sp³-hybridized carbons (Fsp3) is 0.889. The first kappa shape index (κ1) is 10.5. The first-order valence-electron chi connectivity index (χ1n) is 4.72. The monoisotopic (exact) mass is 187 g/mol. The van der Waals surface area contributed by atoms with Crippen molar-refractivity contribution in [1.29, 1.82) is 0 Å². The van der Waals surface area contributed by atoms with Crippen LogP contribution in [0.4, 0.5) is 0 Å². The van der Waals surface area contributed by atoms with Crippen molar-refractivity contribution in [2.24, 2.45) is 0 Å². The zero-order valence-electron chi connectivity index (χ0n) is 7.95. The van der Waals surface area contributed by atoms with E-state index in [1.165, 1.54) is 7.11 Å². The largest absolute Gasteiger partial charge is 0.469 e. The van der Waals surface area contributed by atoms with Crippen LogP contribution in [0.2, 0.25) is 0 Å². The van der Waals surface area contributed by atoms with E-state index in [1.54, 1.807) is 0 Å². The van der Waals surface area contributed by atoms with Crippen LogP contribution in [-0.4, -0.2) is 36.9 Å². The molecule has 2 unspecified atom stereocenters. The van der Waals surface area contributed by atoms with Gasteiger partial charge >= 0.3 is 5.97 Å². The Labute approximate surface area is 78.3 Å². The number of ether oxygens (including phenoxy) is 1. The number of aliphatic hydroxyl groups excluding tert-OH is 1. The molecule has 1 fully saturated rings. The van der Waals surface area contributed by atoms with Gasteiger partial charge in [-0.2, -0.15) is 0 Å². The Morgan fingerprint density at radius 1 is 1.62 bits per heavy atom. The summed E-state index contributed by atoms with van der Waals surface area (Å²) in [6.07, 6.45) is 3.08. The topological polar surface area (TPSA) is 58.6 Å². The quantitative estimate of drug-likeness (QED) is 0.611. The minimum Gasteiger partial charge on any atom is -0.469 e. The molecule has 0 aromatic heterocycles. The molecule has 0 amide bonds. The van der Waals surface area contributed by atoms with Gasteiger partial charge in [0.2, 0.25) is 0 Å². The molecule has 1 rings (SSSR count). The van der Waals surface area contributed by atoms with Crippen LogP contribution in [0.15, 0.2) is 0 Å². The summed E-state index contributed by atoms with van der Waals surface area (Å²) in [7, 11) is 1.38. The van der Waals surface area contributed by atoms with Crippen molar-refractivity contribution in [3.63, 3.8) is 0 Å². The summed E-state index contributed by atoms with van der Waals surface area (Å²) in [5.74, 6) is -0.208. The molecule has 13 heavy (non-hydrogen) atoms. The van der Waals surface area contributed by atoms with Gasteiger partial charge in [-0.1, -0.05) is 0 Å².